The van der Waals surface area contributed by atoms with Gasteiger partial charge in [-0.2, -0.15) is 0 Å². The Kier molecular flexibility index (Phi) is 6.50. The minimum absolute atomic E-state index is 0.127. The maximum absolute atomic E-state index is 12.9. The summed E-state index contributed by atoms with van der Waals surface area (Å²) in [5.74, 6) is 0.513. The second-order valence-electron chi connectivity index (χ2n) is 6.92. The fraction of sp³-hybridized carbons (Fsp3) is 0.174. The normalized spacial score (nSPS) is 11.0. The van der Waals surface area contributed by atoms with Crippen LogP contribution >= 0.6 is 0 Å². The Morgan fingerprint density at radius 1 is 0.839 bits per heavy atom. The van der Waals surface area contributed by atoms with Crippen LogP contribution in [0.5, 0.6) is 11.5 Å². The van der Waals surface area contributed by atoms with Crippen LogP contribution in [0.25, 0.3) is 0 Å². The summed E-state index contributed by atoms with van der Waals surface area (Å²) in [6, 6.07) is 16.3. The maximum atomic E-state index is 12.9. The molecule has 0 atom stereocenters. The molecular weight excluding hydrogens is 416 g/mol. The number of benzene rings is 3. The summed E-state index contributed by atoms with van der Waals surface area (Å²) in [6.07, 6.45) is 0. The Bertz CT molecular complexity index is 1220. The molecule has 0 saturated carbocycles. The molecule has 2 N–H and O–H groups in total. The highest BCUT2D eigenvalue weighted by Crippen LogP contribution is 2.30. The molecule has 1 amide bonds. The lowest BCUT2D eigenvalue weighted by molar-refractivity contribution is 0.102. The number of carbonyl (C=O) groups excluding carboxylic acids is 1. The van der Waals surface area contributed by atoms with Crippen LogP contribution in [0.2, 0.25) is 0 Å². The lowest BCUT2D eigenvalue weighted by Gasteiger charge is -2.15. The largest absolute Gasteiger partial charge is 0.497 e. The van der Waals surface area contributed by atoms with Gasteiger partial charge in [0.2, 0.25) is 0 Å². The fourth-order valence-corrected chi connectivity index (χ4v) is 4.11. The Labute approximate surface area is 182 Å². The third-order valence-corrected chi connectivity index (χ3v) is 6.22. The number of ether oxygens (including phenoxy) is 2. The predicted octanol–water partition coefficient (Wildman–Crippen LogP) is 4.37. The number of sulfonamides is 1. The van der Waals surface area contributed by atoms with Crippen LogP contribution < -0.4 is 19.5 Å². The monoisotopic (exact) mass is 440 g/mol. The van der Waals surface area contributed by atoms with E-state index in [1.54, 1.807) is 54.6 Å². The number of carbonyl (C=O) groups is 1. The number of anilines is 2. The molecule has 0 unspecified atom stereocenters. The molecule has 3 aromatic rings. The highest BCUT2D eigenvalue weighted by Gasteiger charge is 2.20. The standard InChI is InChI=1S/C23H24N2O5S/c1-15-9-11-18(13-16(15)2)31(27,28)25-20-8-6-5-7-19(20)23(26)24-21-12-10-17(29-3)14-22(21)30-4/h5-14,25H,1-4H3,(H,24,26). The van der Waals surface area contributed by atoms with Gasteiger partial charge in [-0.1, -0.05) is 18.2 Å². The number of nitrogens with one attached hydrogen (secondary N) is 2. The lowest BCUT2D eigenvalue weighted by atomic mass is 10.1. The molecule has 3 rings (SSSR count). The van der Waals surface area contributed by atoms with Crippen LogP contribution in [0.3, 0.4) is 0 Å². The van der Waals surface area contributed by atoms with Crippen molar-refractivity contribution >= 4 is 27.3 Å². The van der Waals surface area contributed by atoms with Crippen LogP contribution in [0.4, 0.5) is 11.4 Å². The van der Waals surface area contributed by atoms with Gasteiger partial charge in [0, 0.05) is 6.07 Å². The minimum atomic E-state index is -3.87. The first kappa shape index (κ1) is 22.2. The summed E-state index contributed by atoms with van der Waals surface area (Å²) < 4.78 is 38.8. The molecule has 8 heteroatoms. The Hall–Kier alpha value is -3.52. The molecule has 7 nitrogen and oxygen atoms in total. The molecule has 0 heterocycles. The molecule has 0 fully saturated rings. The van der Waals surface area contributed by atoms with Gasteiger partial charge in [-0.15, -0.1) is 0 Å². The van der Waals surface area contributed by atoms with Gasteiger partial charge >= 0.3 is 0 Å². The van der Waals surface area contributed by atoms with E-state index >= 15 is 0 Å². The topological polar surface area (TPSA) is 93.7 Å². The van der Waals surface area contributed by atoms with Gasteiger partial charge in [0.15, 0.2) is 0 Å². The van der Waals surface area contributed by atoms with Crippen molar-refractivity contribution in [3.8, 4) is 11.5 Å². The van der Waals surface area contributed by atoms with Crippen LogP contribution in [0.15, 0.2) is 65.6 Å². The number of para-hydroxylation sites is 1. The van der Waals surface area contributed by atoms with Crippen molar-refractivity contribution in [2.75, 3.05) is 24.3 Å². The van der Waals surface area contributed by atoms with E-state index in [1.165, 1.54) is 20.3 Å². The summed E-state index contributed by atoms with van der Waals surface area (Å²) in [4.78, 5) is 13.1. The summed E-state index contributed by atoms with van der Waals surface area (Å²) in [6.45, 7) is 3.75. The molecule has 162 valence electrons. The molecule has 0 radical (unpaired) electrons. The van der Waals surface area contributed by atoms with Gasteiger partial charge in [-0.25, -0.2) is 8.42 Å². The van der Waals surface area contributed by atoms with Gasteiger partial charge in [0.25, 0.3) is 15.9 Å². The zero-order chi connectivity index (χ0) is 22.6. The third kappa shape index (κ3) is 4.97. The number of amides is 1. The molecule has 0 aliphatic carbocycles. The zero-order valence-corrected chi connectivity index (χ0v) is 18.5. The fourth-order valence-electron chi connectivity index (χ4n) is 2.95. The minimum Gasteiger partial charge on any atom is -0.497 e. The van der Waals surface area contributed by atoms with E-state index in [1.807, 2.05) is 13.8 Å². The smallest absolute Gasteiger partial charge is 0.261 e. The number of hydrogen-bond donors (Lipinski definition) is 2. The van der Waals surface area contributed by atoms with E-state index < -0.39 is 15.9 Å². The van der Waals surface area contributed by atoms with E-state index in [4.69, 9.17) is 9.47 Å². The second kappa shape index (κ2) is 9.09. The van der Waals surface area contributed by atoms with E-state index in [0.717, 1.165) is 11.1 Å². The van der Waals surface area contributed by atoms with Crippen molar-refractivity contribution < 1.29 is 22.7 Å². The molecule has 31 heavy (non-hydrogen) atoms. The van der Waals surface area contributed by atoms with Gasteiger partial charge in [-0.3, -0.25) is 9.52 Å². The average molecular weight is 441 g/mol. The van der Waals surface area contributed by atoms with Crippen LogP contribution in [-0.4, -0.2) is 28.5 Å². The Balaban J connectivity index is 1.90. The van der Waals surface area contributed by atoms with E-state index in [9.17, 15) is 13.2 Å². The highest BCUT2D eigenvalue weighted by molar-refractivity contribution is 7.92. The first-order chi connectivity index (χ1) is 14.7. The van der Waals surface area contributed by atoms with Crippen molar-refractivity contribution in [1.29, 1.82) is 0 Å². The number of hydrogen-bond acceptors (Lipinski definition) is 5. The van der Waals surface area contributed by atoms with Crippen molar-refractivity contribution in [3.05, 3.63) is 77.4 Å². The molecule has 3 aromatic carbocycles. The molecule has 0 spiro atoms. The molecule has 0 aromatic heterocycles. The van der Waals surface area contributed by atoms with Gasteiger partial charge in [-0.05, 0) is 61.4 Å². The molecule has 0 aliphatic heterocycles. The van der Waals surface area contributed by atoms with Gasteiger partial charge in [0.05, 0.1) is 36.1 Å². The summed E-state index contributed by atoms with van der Waals surface area (Å²) in [5, 5.41) is 2.76. The second-order valence-corrected chi connectivity index (χ2v) is 8.60. The molecule has 0 bridgehead atoms. The van der Waals surface area contributed by atoms with E-state index in [0.29, 0.717) is 17.2 Å². The number of rotatable bonds is 7. The maximum Gasteiger partial charge on any atom is 0.261 e. The average Bonchev–Trinajstić information content (AvgIpc) is 2.75. The van der Waals surface area contributed by atoms with Gasteiger partial charge in [0.1, 0.15) is 11.5 Å². The first-order valence-electron chi connectivity index (χ1n) is 9.47. The van der Waals surface area contributed by atoms with E-state index in [-0.39, 0.29) is 16.1 Å². The lowest BCUT2D eigenvalue weighted by Crippen LogP contribution is -2.19. The Morgan fingerprint density at radius 2 is 1.58 bits per heavy atom. The van der Waals surface area contributed by atoms with Crippen LogP contribution in [0, 0.1) is 13.8 Å². The van der Waals surface area contributed by atoms with Gasteiger partial charge < -0.3 is 14.8 Å². The Morgan fingerprint density at radius 3 is 2.26 bits per heavy atom. The molecule has 0 saturated heterocycles. The number of methoxy groups -OCH3 is 2. The van der Waals surface area contributed by atoms with Crippen molar-refractivity contribution in [1.82, 2.24) is 0 Å². The summed E-state index contributed by atoms with van der Waals surface area (Å²) in [7, 11) is -0.860. The van der Waals surface area contributed by atoms with Crippen LogP contribution in [0.1, 0.15) is 21.5 Å². The van der Waals surface area contributed by atoms with Crippen molar-refractivity contribution in [2.45, 2.75) is 18.7 Å². The molecular formula is C23H24N2O5S. The quantitative estimate of drug-likeness (QED) is 0.569. The first-order valence-corrected chi connectivity index (χ1v) is 11.0. The number of aryl methyl sites for hydroxylation is 2. The SMILES string of the molecule is COc1ccc(NC(=O)c2ccccc2NS(=O)(=O)c2ccc(C)c(C)c2)c(OC)c1. The predicted molar refractivity (Wildman–Crippen MR) is 121 cm³/mol. The third-order valence-electron chi connectivity index (χ3n) is 4.86. The molecule has 0 aliphatic rings. The summed E-state index contributed by atoms with van der Waals surface area (Å²) in [5.41, 5.74) is 2.63. The highest BCUT2D eigenvalue weighted by atomic mass is 32.2. The van der Waals surface area contributed by atoms with Crippen molar-refractivity contribution in [2.24, 2.45) is 0 Å². The van der Waals surface area contributed by atoms with Crippen molar-refractivity contribution in [3.63, 3.8) is 0 Å². The van der Waals surface area contributed by atoms with Crippen LogP contribution in [-0.2, 0) is 10.0 Å². The summed E-state index contributed by atoms with van der Waals surface area (Å²) >= 11 is 0. The van der Waals surface area contributed by atoms with E-state index in [2.05, 4.69) is 10.0 Å². The zero-order valence-electron chi connectivity index (χ0n) is 17.7.